The Morgan fingerprint density at radius 1 is 1.11 bits per heavy atom. The highest BCUT2D eigenvalue weighted by molar-refractivity contribution is 5.96. The Morgan fingerprint density at radius 2 is 1.92 bits per heavy atom. The van der Waals surface area contributed by atoms with Crippen molar-refractivity contribution in [3.05, 3.63) is 83.7 Å². The maximum atomic E-state index is 14.6. The lowest BCUT2D eigenvalue weighted by Gasteiger charge is -2.39. The van der Waals surface area contributed by atoms with Gasteiger partial charge in [0.2, 0.25) is 0 Å². The summed E-state index contributed by atoms with van der Waals surface area (Å²) in [6, 6.07) is 12.4. The van der Waals surface area contributed by atoms with Gasteiger partial charge in [0.15, 0.2) is 5.78 Å². The first kappa shape index (κ1) is 22.2. The zero-order valence-electron chi connectivity index (χ0n) is 19.1. The second kappa shape index (κ2) is 8.75. The van der Waals surface area contributed by atoms with Gasteiger partial charge in [0.05, 0.1) is 17.9 Å². The van der Waals surface area contributed by atoms with Gasteiger partial charge in [0.1, 0.15) is 35.4 Å². The van der Waals surface area contributed by atoms with Crippen LogP contribution in [0, 0.1) is 17.6 Å². The number of Topliss-reactive ketones (excluding diaryl/α,β-unsaturated/α-hetero) is 1. The van der Waals surface area contributed by atoms with Crippen LogP contribution in [0.5, 0.6) is 11.5 Å². The molecule has 0 N–H and O–H groups in total. The van der Waals surface area contributed by atoms with E-state index >= 15 is 0 Å². The number of ether oxygens (including phenoxy) is 2. The van der Waals surface area contributed by atoms with Crippen molar-refractivity contribution in [2.24, 2.45) is 5.92 Å². The van der Waals surface area contributed by atoms with Crippen molar-refractivity contribution >= 4 is 17.3 Å². The van der Waals surface area contributed by atoms with Crippen molar-refractivity contribution in [2.45, 2.75) is 6.42 Å². The van der Waals surface area contributed by atoms with Crippen LogP contribution < -0.4 is 9.47 Å². The molecule has 0 unspecified atom stereocenters. The van der Waals surface area contributed by atoms with Gasteiger partial charge < -0.3 is 14.4 Å². The number of nitrogens with zero attached hydrogens (tertiary/aromatic N) is 3. The van der Waals surface area contributed by atoms with Gasteiger partial charge in [-0.25, -0.2) is 13.8 Å². The summed E-state index contributed by atoms with van der Waals surface area (Å²) in [4.78, 5) is 30.4. The predicted octanol–water partition coefficient (Wildman–Crippen LogP) is 3.93. The molecular weight excluding hydrogens is 468 g/mol. The Bertz CT molecular complexity index is 1490. The van der Waals surface area contributed by atoms with E-state index in [0.29, 0.717) is 36.8 Å². The minimum absolute atomic E-state index is 0.0597. The minimum Gasteiger partial charge on any atom is -0.491 e. The summed E-state index contributed by atoms with van der Waals surface area (Å²) in [5, 5.41) is 0. The second-order valence-corrected chi connectivity index (χ2v) is 9.04. The third-order valence-electron chi connectivity index (χ3n) is 6.52. The maximum absolute atomic E-state index is 14.6. The zero-order chi connectivity index (χ0) is 24.8. The third-order valence-corrected chi connectivity index (χ3v) is 6.52. The molecule has 1 saturated heterocycles. The lowest BCUT2D eigenvalue weighted by Crippen LogP contribution is -2.52. The number of pyridine rings is 1. The molecule has 4 heterocycles. The van der Waals surface area contributed by atoms with Crippen molar-refractivity contribution in [1.29, 1.82) is 0 Å². The molecule has 2 aliphatic rings. The van der Waals surface area contributed by atoms with Gasteiger partial charge in [-0.2, -0.15) is 0 Å². The van der Waals surface area contributed by atoms with Crippen molar-refractivity contribution < 1.29 is 27.8 Å². The smallest absolute Gasteiger partial charge is 0.256 e. The predicted molar refractivity (Wildman–Crippen MR) is 126 cm³/mol. The Kier molecular flexibility index (Phi) is 5.40. The standard InChI is InChI=1S/C27H21F2N3O4/c28-19-3-1-17(2-4-19)26-23(5-6-25-30-7-8-32(25)26)35-14-16-12-31(13-16)27(34)21-10-18-9-20(33)15-36-24(18)11-22(21)29/h1-8,10-11,16H,9,12-15H2. The van der Waals surface area contributed by atoms with E-state index < -0.39 is 11.7 Å². The molecule has 0 saturated carbocycles. The summed E-state index contributed by atoms with van der Waals surface area (Å²) < 4.78 is 41.3. The number of hydrogen-bond acceptors (Lipinski definition) is 5. The van der Waals surface area contributed by atoms with E-state index in [-0.39, 0.29) is 36.1 Å². The lowest BCUT2D eigenvalue weighted by atomic mass is 9.97. The first-order valence-electron chi connectivity index (χ1n) is 11.6. The summed E-state index contributed by atoms with van der Waals surface area (Å²) in [7, 11) is 0. The van der Waals surface area contributed by atoms with Crippen LogP contribution in [-0.2, 0) is 11.2 Å². The third kappa shape index (κ3) is 3.96. The molecule has 2 aromatic carbocycles. The number of carbonyl (C=O) groups excluding carboxylic acids is 2. The molecule has 9 heteroatoms. The largest absolute Gasteiger partial charge is 0.491 e. The zero-order valence-corrected chi connectivity index (χ0v) is 19.1. The van der Waals surface area contributed by atoms with Crippen molar-refractivity contribution in [1.82, 2.24) is 14.3 Å². The monoisotopic (exact) mass is 489 g/mol. The molecule has 182 valence electrons. The number of benzene rings is 2. The molecule has 0 radical (unpaired) electrons. The molecule has 0 bridgehead atoms. The van der Waals surface area contributed by atoms with Crippen LogP contribution in [-0.4, -0.2) is 52.3 Å². The number of amides is 1. The molecule has 4 aromatic rings. The summed E-state index contributed by atoms with van der Waals surface area (Å²) in [5.41, 5.74) is 2.74. The van der Waals surface area contributed by atoms with Gasteiger partial charge in [-0.15, -0.1) is 0 Å². The van der Waals surface area contributed by atoms with Gasteiger partial charge >= 0.3 is 0 Å². The van der Waals surface area contributed by atoms with Crippen LogP contribution in [0.25, 0.3) is 16.9 Å². The molecule has 0 spiro atoms. The van der Waals surface area contributed by atoms with Crippen LogP contribution >= 0.6 is 0 Å². The van der Waals surface area contributed by atoms with E-state index in [1.807, 2.05) is 22.7 Å². The van der Waals surface area contributed by atoms with Crippen LogP contribution in [0.1, 0.15) is 15.9 Å². The fourth-order valence-electron chi connectivity index (χ4n) is 4.66. The summed E-state index contributed by atoms with van der Waals surface area (Å²) >= 11 is 0. The van der Waals surface area contributed by atoms with Gasteiger partial charge in [-0.05, 0) is 42.5 Å². The van der Waals surface area contributed by atoms with E-state index in [1.54, 1.807) is 23.2 Å². The number of imidazole rings is 1. The highest BCUT2D eigenvalue weighted by Crippen LogP contribution is 2.33. The van der Waals surface area contributed by atoms with Crippen LogP contribution in [0.15, 0.2) is 60.9 Å². The van der Waals surface area contributed by atoms with Gasteiger partial charge in [0.25, 0.3) is 5.91 Å². The fourth-order valence-corrected chi connectivity index (χ4v) is 4.66. The molecular formula is C27H21F2N3O4. The number of rotatable bonds is 5. The summed E-state index contributed by atoms with van der Waals surface area (Å²) in [5.74, 6) is -0.524. The number of halogens is 2. The highest BCUT2D eigenvalue weighted by Gasteiger charge is 2.34. The molecule has 0 atom stereocenters. The SMILES string of the molecule is O=C1COc2cc(F)c(C(=O)N3CC(COc4ccc5nccn5c4-c4ccc(F)cc4)C3)cc2C1. The van der Waals surface area contributed by atoms with E-state index in [1.165, 1.54) is 24.3 Å². The molecule has 6 rings (SSSR count). The van der Waals surface area contributed by atoms with E-state index in [9.17, 15) is 18.4 Å². The number of fused-ring (bicyclic) bond motifs is 2. The van der Waals surface area contributed by atoms with E-state index in [0.717, 1.165) is 16.9 Å². The molecule has 1 fully saturated rings. The molecule has 36 heavy (non-hydrogen) atoms. The highest BCUT2D eigenvalue weighted by atomic mass is 19.1. The quantitative estimate of drug-likeness (QED) is 0.425. The second-order valence-electron chi connectivity index (χ2n) is 9.04. The van der Waals surface area contributed by atoms with Gasteiger partial charge in [0, 0.05) is 55.0 Å². The first-order chi connectivity index (χ1) is 17.5. The fraction of sp³-hybridized carbons (Fsp3) is 0.222. The Hall–Kier alpha value is -4.27. The number of aromatic nitrogens is 2. The topological polar surface area (TPSA) is 73.1 Å². The van der Waals surface area contributed by atoms with E-state index in [2.05, 4.69) is 4.98 Å². The number of likely N-dealkylation sites (tertiary alicyclic amines) is 1. The lowest BCUT2D eigenvalue weighted by molar-refractivity contribution is -0.121. The van der Waals surface area contributed by atoms with Crippen molar-refractivity contribution in [3.63, 3.8) is 0 Å². The van der Waals surface area contributed by atoms with Gasteiger partial charge in [-0.1, -0.05) is 0 Å². The first-order valence-corrected chi connectivity index (χ1v) is 11.6. The van der Waals surface area contributed by atoms with E-state index in [4.69, 9.17) is 9.47 Å². The summed E-state index contributed by atoms with van der Waals surface area (Å²) in [6.45, 7) is 1.12. The average Bonchev–Trinajstić information content (AvgIpc) is 3.32. The number of hydrogen-bond donors (Lipinski definition) is 0. The molecule has 7 nitrogen and oxygen atoms in total. The molecule has 0 aliphatic carbocycles. The molecule has 2 aliphatic heterocycles. The Balaban J connectivity index is 1.15. The van der Waals surface area contributed by atoms with Gasteiger partial charge in [-0.3, -0.25) is 14.0 Å². The molecule has 2 aromatic heterocycles. The maximum Gasteiger partial charge on any atom is 0.256 e. The Morgan fingerprint density at radius 3 is 2.72 bits per heavy atom. The van der Waals surface area contributed by atoms with Crippen molar-refractivity contribution in [3.8, 4) is 22.8 Å². The van der Waals surface area contributed by atoms with Crippen LogP contribution in [0.4, 0.5) is 8.78 Å². The van der Waals surface area contributed by atoms with Crippen molar-refractivity contribution in [2.75, 3.05) is 26.3 Å². The Labute approximate surface area is 204 Å². The van der Waals surface area contributed by atoms with Crippen LogP contribution in [0.3, 0.4) is 0 Å². The number of ketones is 1. The molecule has 1 amide bonds. The summed E-state index contributed by atoms with van der Waals surface area (Å²) in [6.07, 6.45) is 3.63. The minimum atomic E-state index is -0.662. The normalized spacial score (nSPS) is 15.4. The van der Waals surface area contributed by atoms with Crippen LogP contribution in [0.2, 0.25) is 0 Å². The number of carbonyl (C=O) groups is 2. The average molecular weight is 489 g/mol.